The van der Waals surface area contributed by atoms with Crippen LogP contribution in [0.4, 0.5) is 0 Å². The van der Waals surface area contributed by atoms with E-state index in [2.05, 4.69) is 30.3 Å². The average molecular weight is 209 g/mol. The fourth-order valence-corrected chi connectivity index (χ4v) is 1.71. The van der Waals surface area contributed by atoms with Crippen molar-refractivity contribution in [3.8, 4) is 0 Å². The molecule has 1 saturated heterocycles. The summed E-state index contributed by atoms with van der Waals surface area (Å²) in [6.07, 6.45) is 0.979. The third-order valence-corrected chi connectivity index (χ3v) is 2.96. The molecule has 0 atom stereocenters. The van der Waals surface area contributed by atoms with E-state index in [4.69, 9.17) is 4.74 Å². The van der Waals surface area contributed by atoms with Gasteiger partial charge in [0.15, 0.2) is 0 Å². The first-order valence-corrected chi connectivity index (χ1v) is 5.49. The van der Waals surface area contributed by atoms with Crippen molar-refractivity contribution in [2.45, 2.75) is 32.5 Å². The lowest BCUT2D eigenvalue weighted by molar-refractivity contribution is -0.0786. The van der Waals surface area contributed by atoms with E-state index in [1.54, 1.807) is 0 Å². The van der Waals surface area contributed by atoms with Crippen LogP contribution < -0.4 is 5.32 Å². The number of aryl methyl sites for hydroxylation is 2. The third kappa shape index (κ3) is 2.21. The summed E-state index contributed by atoms with van der Waals surface area (Å²) < 4.78 is 7.78. The van der Waals surface area contributed by atoms with Crippen LogP contribution >= 0.6 is 0 Å². The van der Waals surface area contributed by atoms with Crippen molar-refractivity contribution in [3.05, 3.63) is 17.5 Å². The zero-order chi connectivity index (χ0) is 10.9. The molecule has 4 nitrogen and oxygen atoms in total. The molecule has 0 saturated carbocycles. The molecule has 15 heavy (non-hydrogen) atoms. The molecule has 0 aliphatic carbocycles. The minimum atomic E-state index is 0.0245. The van der Waals surface area contributed by atoms with Gasteiger partial charge in [0.2, 0.25) is 0 Å². The molecule has 0 unspecified atom stereocenters. The van der Waals surface area contributed by atoms with Crippen LogP contribution in [-0.4, -0.2) is 28.5 Å². The topological polar surface area (TPSA) is 39.1 Å². The lowest BCUT2D eigenvalue weighted by Gasteiger charge is -2.39. The smallest absolute Gasteiger partial charge is 0.0907 e. The maximum Gasteiger partial charge on any atom is 0.0907 e. The lowest BCUT2D eigenvalue weighted by Crippen LogP contribution is -2.58. The molecule has 0 spiro atoms. The minimum absolute atomic E-state index is 0.0245. The third-order valence-electron chi connectivity index (χ3n) is 2.96. The molecule has 4 heteroatoms. The summed E-state index contributed by atoms with van der Waals surface area (Å²) in [5, 5.41) is 7.62. The van der Waals surface area contributed by atoms with Gasteiger partial charge in [-0.3, -0.25) is 4.68 Å². The SMILES string of the molecule is CCc1cc(COC2(C)CNC2)n(C)n1. The van der Waals surface area contributed by atoms with Crippen LogP contribution in [0.25, 0.3) is 0 Å². The Morgan fingerprint density at radius 3 is 2.80 bits per heavy atom. The fraction of sp³-hybridized carbons (Fsp3) is 0.727. The predicted octanol–water partition coefficient (Wildman–Crippen LogP) is 0.861. The van der Waals surface area contributed by atoms with Crippen LogP contribution in [0.2, 0.25) is 0 Å². The first-order chi connectivity index (χ1) is 7.13. The second-order valence-corrected chi connectivity index (χ2v) is 4.45. The maximum absolute atomic E-state index is 5.87. The lowest BCUT2D eigenvalue weighted by atomic mass is 10.0. The van der Waals surface area contributed by atoms with Crippen LogP contribution in [0.15, 0.2) is 6.07 Å². The average Bonchev–Trinajstić information content (AvgIpc) is 2.53. The van der Waals surface area contributed by atoms with Gasteiger partial charge >= 0.3 is 0 Å². The van der Waals surface area contributed by atoms with E-state index < -0.39 is 0 Å². The first-order valence-electron chi connectivity index (χ1n) is 5.49. The Morgan fingerprint density at radius 1 is 1.60 bits per heavy atom. The molecule has 1 N–H and O–H groups in total. The number of hydrogen-bond donors (Lipinski definition) is 1. The van der Waals surface area contributed by atoms with Gasteiger partial charge in [-0.05, 0) is 19.4 Å². The normalized spacial score (nSPS) is 18.9. The van der Waals surface area contributed by atoms with E-state index in [0.717, 1.165) is 30.9 Å². The van der Waals surface area contributed by atoms with Gasteiger partial charge in [-0.15, -0.1) is 0 Å². The molecule has 1 aromatic rings. The van der Waals surface area contributed by atoms with E-state index in [9.17, 15) is 0 Å². The van der Waals surface area contributed by atoms with Crippen molar-refractivity contribution in [3.63, 3.8) is 0 Å². The van der Waals surface area contributed by atoms with E-state index in [-0.39, 0.29) is 5.60 Å². The number of aromatic nitrogens is 2. The quantitative estimate of drug-likeness (QED) is 0.799. The molecule has 84 valence electrons. The molecular formula is C11H19N3O. The molecule has 0 amide bonds. The number of nitrogens with zero attached hydrogens (tertiary/aromatic N) is 2. The Bertz CT molecular complexity index is 342. The number of hydrogen-bond acceptors (Lipinski definition) is 3. The Hall–Kier alpha value is -0.870. The van der Waals surface area contributed by atoms with Crippen LogP contribution in [0, 0.1) is 0 Å². The van der Waals surface area contributed by atoms with Gasteiger partial charge in [0.05, 0.1) is 23.6 Å². The maximum atomic E-state index is 5.87. The molecule has 1 fully saturated rings. The van der Waals surface area contributed by atoms with Crippen molar-refractivity contribution in [2.75, 3.05) is 13.1 Å². The Labute approximate surface area is 90.6 Å². The van der Waals surface area contributed by atoms with Crippen LogP contribution in [0.5, 0.6) is 0 Å². The van der Waals surface area contributed by atoms with Gasteiger partial charge in [0, 0.05) is 20.1 Å². The molecule has 1 aliphatic rings. The summed E-state index contributed by atoms with van der Waals surface area (Å²) in [6, 6.07) is 2.12. The largest absolute Gasteiger partial charge is 0.366 e. The highest BCUT2D eigenvalue weighted by Crippen LogP contribution is 2.18. The van der Waals surface area contributed by atoms with Crippen molar-refractivity contribution in [2.24, 2.45) is 7.05 Å². The minimum Gasteiger partial charge on any atom is -0.366 e. The Kier molecular flexibility index (Phi) is 2.80. The van der Waals surface area contributed by atoms with Crippen molar-refractivity contribution < 1.29 is 4.74 Å². The van der Waals surface area contributed by atoms with Crippen LogP contribution in [-0.2, 0) is 24.8 Å². The van der Waals surface area contributed by atoms with E-state index >= 15 is 0 Å². The molecule has 0 aromatic carbocycles. The second-order valence-electron chi connectivity index (χ2n) is 4.45. The highest BCUT2D eigenvalue weighted by Gasteiger charge is 2.32. The monoisotopic (exact) mass is 209 g/mol. The van der Waals surface area contributed by atoms with Gasteiger partial charge in [0.1, 0.15) is 0 Å². The highest BCUT2D eigenvalue weighted by molar-refractivity contribution is 5.09. The molecule has 1 aromatic heterocycles. The van der Waals surface area contributed by atoms with Crippen LogP contribution in [0.1, 0.15) is 25.2 Å². The predicted molar refractivity (Wildman–Crippen MR) is 58.6 cm³/mol. The van der Waals surface area contributed by atoms with Gasteiger partial charge < -0.3 is 10.1 Å². The van der Waals surface area contributed by atoms with Gasteiger partial charge in [-0.1, -0.05) is 6.92 Å². The highest BCUT2D eigenvalue weighted by atomic mass is 16.5. The van der Waals surface area contributed by atoms with E-state index in [1.807, 2.05) is 11.7 Å². The summed E-state index contributed by atoms with van der Waals surface area (Å²) in [5.41, 5.74) is 2.31. The van der Waals surface area contributed by atoms with Crippen LogP contribution in [0.3, 0.4) is 0 Å². The summed E-state index contributed by atoms with van der Waals surface area (Å²) in [4.78, 5) is 0. The van der Waals surface area contributed by atoms with E-state index in [0.29, 0.717) is 6.61 Å². The van der Waals surface area contributed by atoms with Crippen molar-refractivity contribution in [1.29, 1.82) is 0 Å². The summed E-state index contributed by atoms with van der Waals surface area (Å²) >= 11 is 0. The number of ether oxygens (including phenoxy) is 1. The molecule has 0 radical (unpaired) electrons. The number of nitrogens with one attached hydrogen (secondary N) is 1. The van der Waals surface area contributed by atoms with Crippen molar-refractivity contribution in [1.82, 2.24) is 15.1 Å². The Morgan fingerprint density at radius 2 is 2.33 bits per heavy atom. The first kappa shape index (κ1) is 10.6. The summed E-state index contributed by atoms with van der Waals surface area (Å²) in [7, 11) is 1.97. The molecule has 2 rings (SSSR count). The molecule has 1 aliphatic heterocycles. The standard InChI is InChI=1S/C11H19N3O/c1-4-9-5-10(14(3)13-9)6-15-11(2)7-12-8-11/h5,12H,4,6-8H2,1-3H3. The molecular weight excluding hydrogens is 190 g/mol. The zero-order valence-electron chi connectivity index (χ0n) is 9.71. The van der Waals surface area contributed by atoms with E-state index in [1.165, 1.54) is 0 Å². The molecule has 0 bridgehead atoms. The molecule has 2 heterocycles. The van der Waals surface area contributed by atoms with Gasteiger partial charge in [-0.25, -0.2) is 0 Å². The van der Waals surface area contributed by atoms with Gasteiger partial charge in [0.25, 0.3) is 0 Å². The summed E-state index contributed by atoms with van der Waals surface area (Å²) in [5.74, 6) is 0. The van der Waals surface area contributed by atoms with Crippen molar-refractivity contribution >= 4 is 0 Å². The Balaban J connectivity index is 1.95. The summed E-state index contributed by atoms with van der Waals surface area (Å²) in [6.45, 7) is 6.81. The second kappa shape index (κ2) is 3.94. The number of rotatable bonds is 4. The fourth-order valence-electron chi connectivity index (χ4n) is 1.71. The van der Waals surface area contributed by atoms with Gasteiger partial charge in [-0.2, -0.15) is 5.10 Å². The zero-order valence-corrected chi connectivity index (χ0v) is 9.71.